The predicted molar refractivity (Wildman–Crippen MR) is 102 cm³/mol. The number of hydrogen-bond acceptors (Lipinski definition) is 6. The van der Waals surface area contributed by atoms with E-state index in [1.807, 2.05) is 44.2 Å². The first-order valence-electron chi connectivity index (χ1n) is 8.17. The minimum absolute atomic E-state index is 0.309. The maximum Gasteiger partial charge on any atom is 0.227 e. The van der Waals surface area contributed by atoms with Crippen LogP contribution in [-0.2, 0) is 0 Å². The third-order valence-corrected chi connectivity index (χ3v) is 4.83. The number of anilines is 3. The minimum Gasteiger partial charge on any atom is -0.368 e. The summed E-state index contributed by atoms with van der Waals surface area (Å²) in [4.78, 5) is 15.4. The Morgan fingerprint density at radius 2 is 2.08 bits per heavy atom. The number of likely N-dealkylation sites (N-methyl/N-ethyl adjacent to an activating group) is 1. The molecule has 2 aromatic rings. The summed E-state index contributed by atoms with van der Waals surface area (Å²) in [7, 11) is 5.97. The van der Waals surface area contributed by atoms with Crippen LogP contribution in [0.2, 0.25) is 5.02 Å². The van der Waals surface area contributed by atoms with E-state index in [1.54, 1.807) is 12.3 Å². The van der Waals surface area contributed by atoms with Gasteiger partial charge in [0.2, 0.25) is 5.95 Å². The van der Waals surface area contributed by atoms with Gasteiger partial charge < -0.3 is 14.7 Å². The van der Waals surface area contributed by atoms with Crippen molar-refractivity contribution in [2.24, 2.45) is 0 Å². The van der Waals surface area contributed by atoms with E-state index in [4.69, 9.17) is 16.9 Å². The maximum atomic E-state index is 8.97. The van der Waals surface area contributed by atoms with E-state index in [0.717, 1.165) is 37.0 Å². The standard InChI is InChI=1S/C18H21ClN6/c1-23(2)17-6-8-21-18(22-17)24(3)14-7-9-25(12-14)16-5-4-13(11-20)10-15(16)19/h4-6,8,10,14H,7,9,12H2,1-3H3. The second-order valence-electron chi connectivity index (χ2n) is 6.39. The topological polar surface area (TPSA) is 59.3 Å². The van der Waals surface area contributed by atoms with Gasteiger partial charge in [-0.25, -0.2) is 4.98 Å². The summed E-state index contributed by atoms with van der Waals surface area (Å²) in [5.74, 6) is 1.62. The average molecular weight is 357 g/mol. The van der Waals surface area contributed by atoms with Crippen LogP contribution in [-0.4, -0.2) is 50.2 Å². The van der Waals surface area contributed by atoms with Gasteiger partial charge in [-0.3, -0.25) is 0 Å². The minimum atomic E-state index is 0.309. The molecular formula is C18H21ClN6. The molecule has 7 heteroatoms. The molecule has 25 heavy (non-hydrogen) atoms. The van der Waals surface area contributed by atoms with E-state index in [-0.39, 0.29) is 0 Å². The fourth-order valence-corrected chi connectivity index (χ4v) is 3.33. The van der Waals surface area contributed by atoms with Crippen LogP contribution in [0.3, 0.4) is 0 Å². The van der Waals surface area contributed by atoms with Gasteiger partial charge >= 0.3 is 0 Å². The van der Waals surface area contributed by atoms with Crippen LogP contribution in [0, 0.1) is 11.3 Å². The van der Waals surface area contributed by atoms with Crippen LogP contribution in [0.5, 0.6) is 0 Å². The molecule has 0 spiro atoms. The maximum absolute atomic E-state index is 8.97. The first kappa shape index (κ1) is 17.3. The highest BCUT2D eigenvalue weighted by Crippen LogP contribution is 2.31. The normalized spacial score (nSPS) is 16.6. The average Bonchev–Trinajstić information content (AvgIpc) is 3.10. The third kappa shape index (κ3) is 3.62. The molecule has 1 saturated heterocycles. The predicted octanol–water partition coefficient (Wildman–Crippen LogP) is 2.78. The zero-order valence-electron chi connectivity index (χ0n) is 14.6. The number of hydrogen-bond donors (Lipinski definition) is 0. The molecule has 0 bridgehead atoms. The number of rotatable bonds is 4. The van der Waals surface area contributed by atoms with Crippen molar-refractivity contribution >= 4 is 29.1 Å². The molecule has 1 fully saturated rings. The molecule has 1 atom stereocenters. The molecule has 1 aliphatic heterocycles. The van der Waals surface area contributed by atoms with E-state index >= 15 is 0 Å². The summed E-state index contributed by atoms with van der Waals surface area (Å²) < 4.78 is 0. The molecule has 1 unspecified atom stereocenters. The SMILES string of the molecule is CN(C)c1ccnc(N(C)C2CCN(c3ccc(C#N)cc3Cl)C2)n1. The van der Waals surface area contributed by atoms with Crippen molar-refractivity contribution in [3.05, 3.63) is 41.0 Å². The van der Waals surface area contributed by atoms with E-state index in [2.05, 4.69) is 25.8 Å². The third-order valence-electron chi connectivity index (χ3n) is 4.53. The summed E-state index contributed by atoms with van der Waals surface area (Å²) >= 11 is 6.35. The zero-order chi connectivity index (χ0) is 18.0. The second kappa shape index (κ2) is 7.16. The lowest BCUT2D eigenvalue weighted by molar-refractivity contribution is 0.674. The second-order valence-corrected chi connectivity index (χ2v) is 6.79. The van der Waals surface area contributed by atoms with Crippen LogP contribution in [0.15, 0.2) is 30.5 Å². The van der Waals surface area contributed by atoms with Gasteiger partial charge in [0.15, 0.2) is 0 Å². The fourth-order valence-electron chi connectivity index (χ4n) is 3.03. The highest BCUT2D eigenvalue weighted by molar-refractivity contribution is 6.33. The molecule has 1 aliphatic rings. The Labute approximate surface area is 153 Å². The Hall–Kier alpha value is -2.52. The summed E-state index contributed by atoms with van der Waals surface area (Å²) in [6, 6.07) is 9.77. The zero-order valence-corrected chi connectivity index (χ0v) is 15.4. The van der Waals surface area contributed by atoms with Crippen LogP contribution < -0.4 is 14.7 Å². The summed E-state index contributed by atoms with van der Waals surface area (Å²) in [6.45, 7) is 1.76. The molecule has 6 nitrogen and oxygen atoms in total. The van der Waals surface area contributed by atoms with E-state index in [0.29, 0.717) is 16.6 Å². The molecule has 3 rings (SSSR count). The van der Waals surface area contributed by atoms with Crippen molar-refractivity contribution in [2.75, 3.05) is 48.9 Å². The van der Waals surface area contributed by atoms with Crippen molar-refractivity contribution in [3.8, 4) is 6.07 Å². The number of nitriles is 1. The Morgan fingerprint density at radius 1 is 1.28 bits per heavy atom. The monoisotopic (exact) mass is 356 g/mol. The van der Waals surface area contributed by atoms with Crippen molar-refractivity contribution in [3.63, 3.8) is 0 Å². The van der Waals surface area contributed by atoms with Gasteiger partial charge in [0.1, 0.15) is 5.82 Å². The molecule has 1 aromatic heterocycles. The first-order chi connectivity index (χ1) is 12.0. The molecule has 130 valence electrons. The van der Waals surface area contributed by atoms with Crippen LogP contribution in [0.1, 0.15) is 12.0 Å². The van der Waals surface area contributed by atoms with E-state index in [1.165, 1.54) is 0 Å². The highest BCUT2D eigenvalue weighted by atomic mass is 35.5. The number of nitrogens with zero attached hydrogens (tertiary/aromatic N) is 6. The molecule has 0 amide bonds. The van der Waals surface area contributed by atoms with Gasteiger partial charge in [-0.2, -0.15) is 10.2 Å². The lowest BCUT2D eigenvalue weighted by atomic mass is 10.2. The molecule has 0 radical (unpaired) electrons. The van der Waals surface area contributed by atoms with Gasteiger partial charge in [-0.1, -0.05) is 11.6 Å². The largest absolute Gasteiger partial charge is 0.368 e. The van der Waals surface area contributed by atoms with Crippen molar-refractivity contribution in [2.45, 2.75) is 12.5 Å². The van der Waals surface area contributed by atoms with Crippen molar-refractivity contribution in [1.82, 2.24) is 9.97 Å². The Morgan fingerprint density at radius 3 is 2.76 bits per heavy atom. The Balaban J connectivity index is 1.74. The highest BCUT2D eigenvalue weighted by Gasteiger charge is 2.28. The van der Waals surface area contributed by atoms with Crippen molar-refractivity contribution in [1.29, 1.82) is 5.26 Å². The number of aromatic nitrogens is 2. The lowest BCUT2D eigenvalue weighted by Crippen LogP contribution is -2.36. The smallest absolute Gasteiger partial charge is 0.227 e. The summed E-state index contributed by atoms with van der Waals surface area (Å²) in [5, 5.41) is 9.59. The number of benzene rings is 1. The van der Waals surface area contributed by atoms with Crippen LogP contribution >= 0.6 is 11.6 Å². The van der Waals surface area contributed by atoms with Crippen LogP contribution in [0.4, 0.5) is 17.5 Å². The molecule has 0 N–H and O–H groups in total. The molecule has 1 aromatic carbocycles. The molecule has 0 aliphatic carbocycles. The fraction of sp³-hybridized carbons (Fsp3) is 0.389. The van der Waals surface area contributed by atoms with E-state index < -0.39 is 0 Å². The quantitative estimate of drug-likeness (QED) is 0.839. The first-order valence-corrected chi connectivity index (χ1v) is 8.55. The Bertz CT molecular complexity index is 800. The van der Waals surface area contributed by atoms with Gasteiger partial charge in [0.05, 0.1) is 28.4 Å². The van der Waals surface area contributed by atoms with Gasteiger partial charge in [-0.15, -0.1) is 0 Å². The number of halogens is 1. The van der Waals surface area contributed by atoms with Crippen LogP contribution in [0.25, 0.3) is 0 Å². The van der Waals surface area contributed by atoms with Gasteiger partial charge in [0, 0.05) is 40.4 Å². The molecule has 0 saturated carbocycles. The molecule has 2 heterocycles. The van der Waals surface area contributed by atoms with E-state index in [9.17, 15) is 0 Å². The summed E-state index contributed by atoms with van der Waals surface area (Å²) in [5.41, 5.74) is 1.55. The van der Waals surface area contributed by atoms with Gasteiger partial charge in [-0.05, 0) is 30.7 Å². The van der Waals surface area contributed by atoms with Gasteiger partial charge in [0.25, 0.3) is 0 Å². The van der Waals surface area contributed by atoms with Crippen molar-refractivity contribution < 1.29 is 0 Å². The molecular weight excluding hydrogens is 336 g/mol. The lowest BCUT2D eigenvalue weighted by Gasteiger charge is -2.26. The Kier molecular flexibility index (Phi) is 4.95. The summed E-state index contributed by atoms with van der Waals surface area (Å²) in [6.07, 6.45) is 2.79.